The molecule has 1 aliphatic rings. The van der Waals surface area contributed by atoms with Gasteiger partial charge in [-0.2, -0.15) is 5.10 Å². The first-order chi connectivity index (χ1) is 27.0. The number of pyridine rings is 1. The van der Waals surface area contributed by atoms with E-state index in [4.69, 9.17) is 5.10 Å². The summed E-state index contributed by atoms with van der Waals surface area (Å²) in [5.41, 5.74) is 17.9. The second-order valence-corrected chi connectivity index (χ2v) is 15.1. The molecule has 0 N–H and O–H groups in total. The Bertz CT molecular complexity index is 2850. The SMILES string of the molecule is CCc1c(-c2ccc(N(c3ccc(-c4ccccc4)cc3)c3ccc4c(c3)-c3ccccc3C4(C)C)cc2)nn2c(-c3ccccc3)cc3ccccc3c12. The topological polar surface area (TPSA) is 20.5 Å². The van der Waals surface area contributed by atoms with Gasteiger partial charge in [-0.1, -0.05) is 160 Å². The molecule has 264 valence electrons. The third-order valence-electron chi connectivity index (χ3n) is 11.6. The van der Waals surface area contributed by atoms with Gasteiger partial charge in [-0.25, -0.2) is 4.52 Å². The molecule has 0 atom stereocenters. The van der Waals surface area contributed by atoms with Crippen LogP contribution in [-0.4, -0.2) is 9.61 Å². The van der Waals surface area contributed by atoms with E-state index in [9.17, 15) is 0 Å². The van der Waals surface area contributed by atoms with Crippen molar-refractivity contribution in [2.75, 3.05) is 4.90 Å². The van der Waals surface area contributed by atoms with E-state index in [0.717, 1.165) is 46.0 Å². The van der Waals surface area contributed by atoms with Gasteiger partial charge in [0.15, 0.2) is 0 Å². The first-order valence-electron chi connectivity index (χ1n) is 19.3. The molecular weight excluding hydrogens is 667 g/mol. The highest BCUT2D eigenvalue weighted by atomic mass is 15.2. The summed E-state index contributed by atoms with van der Waals surface area (Å²) in [4.78, 5) is 2.39. The van der Waals surface area contributed by atoms with Gasteiger partial charge in [0.25, 0.3) is 0 Å². The highest BCUT2D eigenvalue weighted by Gasteiger charge is 2.35. The molecule has 0 bridgehead atoms. The van der Waals surface area contributed by atoms with Gasteiger partial charge in [-0.05, 0) is 87.7 Å². The minimum Gasteiger partial charge on any atom is -0.310 e. The molecule has 0 saturated heterocycles. The van der Waals surface area contributed by atoms with Crippen LogP contribution in [0.1, 0.15) is 37.5 Å². The zero-order chi connectivity index (χ0) is 37.1. The third-order valence-corrected chi connectivity index (χ3v) is 11.6. The van der Waals surface area contributed by atoms with E-state index in [1.807, 2.05) is 0 Å². The Labute approximate surface area is 322 Å². The van der Waals surface area contributed by atoms with Crippen LogP contribution in [-0.2, 0) is 11.8 Å². The number of nitrogens with zero attached hydrogens (tertiary/aromatic N) is 3. The molecule has 3 nitrogen and oxygen atoms in total. The average molecular weight is 708 g/mol. The van der Waals surface area contributed by atoms with E-state index in [-0.39, 0.29) is 5.41 Å². The largest absolute Gasteiger partial charge is 0.310 e. The van der Waals surface area contributed by atoms with Crippen LogP contribution < -0.4 is 4.90 Å². The molecule has 10 rings (SSSR count). The lowest BCUT2D eigenvalue weighted by molar-refractivity contribution is 0.660. The fraction of sp³-hybridized carbons (Fsp3) is 0.0962. The monoisotopic (exact) mass is 707 g/mol. The van der Waals surface area contributed by atoms with E-state index < -0.39 is 0 Å². The maximum atomic E-state index is 5.39. The fourth-order valence-electron chi connectivity index (χ4n) is 8.83. The van der Waals surface area contributed by atoms with Crippen LogP contribution in [0.4, 0.5) is 17.1 Å². The lowest BCUT2D eigenvalue weighted by Gasteiger charge is -2.27. The van der Waals surface area contributed by atoms with E-state index in [2.05, 4.69) is 212 Å². The maximum absolute atomic E-state index is 5.39. The van der Waals surface area contributed by atoms with Crippen molar-refractivity contribution in [2.45, 2.75) is 32.6 Å². The third kappa shape index (κ3) is 5.38. The first-order valence-corrected chi connectivity index (χ1v) is 19.3. The van der Waals surface area contributed by atoms with Crippen LogP contribution in [0.5, 0.6) is 0 Å². The molecule has 2 heterocycles. The molecular formula is C52H41N3. The number of aryl methyl sites for hydroxylation is 1. The predicted molar refractivity (Wildman–Crippen MR) is 231 cm³/mol. The average Bonchev–Trinajstić information content (AvgIpc) is 3.74. The number of anilines is 3. The summed E-state index contributed by atoms with van der Waals surface area (Å²) in [6, 6.07) is 66.0. The van der Waals surface area contributed by atoms with Gasteiger partial charge >= 0.3 is 0 Å². The molecule has 0 unspecified atom stereocenters. The molecule has 9 aromatic rings. The molecule has 1 aliphatic carbocycles. The summed E-state index contributed by atoms with van der Waals surface area (Å²) in [6.07, 6.45) is 0.871. The molecule has 0 fully saturated rings. The number of rotatable bonds is 7. The van der Waals surface area contributed by atoms with E-state index >= 15 is 0 Å². The van der Waals surface area contributed by atoms with Gasteiger partial charge in [-0.3, -0.25) is 0 Å². The minimum atomic E-state index is -0.0505. The second kappa shape index (κ2) is 13.0. The van der Waals surface area contributed by atoms with Crippen molar-refractivity contribution >= 4 is 33.4 Å². The normalized spacial score (nSPS) is 12.9. The first kappa shape index (κ1) is 32.9. The summed E-state index contributed by atoms with van der Waals surface area (Å²) in [6.45, 7) is 6.92. The van der Waals surface area contributed by atoms with E-state index in [1.165, 1.54) is 55.2 Å². The predicted octanol–water partition coefficient (Wildman–Crippen LogP) is 13.8. The molecule has 55 heavy (non-hydrogen) atoms. The molecule has 0 saturated carbocycles. The van der Waals surface area contributed by atoms with Crippen molar-refractivity contribution < 1.29 is 0 Å². The maximum Gasteiger partial charge on any atom is 0.0966 e. The lowest BCUT2D eigenvalue weighted by Crippen LogP contribution is -2.15. The zero-order valence-corrected chi connectivity index (χ0v) is 31.4. The highest BCUT2D eigenvalue weighted by molar-refractivity contribution is 6.01. The van der Waals surface area contributed by atoms with Crippen LogP contribution in [0.25, 0.3) is 61.1 Å². The van der Waals surface area contributed by atoms with Gasteiger partial charge in [0, 0.05) is 44.6 Å². The van der Waals surface area contributed by atoms with Crippen molar-refractivity contribution in [1.29, 1.82) is 0 Å². The summed E-state index contributed by atoms with van der Waals surface area (Å²) < 4.78 is 2.17. The van der Waals surface area contributed by atoms with Crippen molar-refractivity contribution in [3.63, 3.8) is 0 Å². The lowest BCUT2D eigenvalue weighted by atomic mass is 9.82. The Hall–Kier alpha value is -6.71. The number of aromatic nitrogens is 2. The van der Waals surface area contributed by atoms with Crippen molar-refractivity contribution in [3.8, 4) is 44.8 Å². The summed E-state index contributed by atoms with van der Waals surface area (Å²) in [7, 11) is 0. The van der Waals surface area contributed by atoms with Gasteiger partial charge in [0.1, 0.15) is 0 Å². The zero-order valence-electron chi connectivity index (χ0n) is 31.4. The van der Waals surface area contributed by atoms with Crippen LogP contribution in [0, 0.1) is 0 Å². The number of hydrogen-bond acceptors (Lipinski definition) is 2. The van der Waals surface area contributed by atoms with Crippen LogP contribution in [0.2, 0.25) is 0 Å². The van der Waals surface area contributed by atoms with Gasteiger partial charge in [0.2, 0.25) is 0 Å². The number of hydrogen-bond donors (Lipinski definition) is 0. The number of benzene rings is 7. The fourth-order valence-corrected chi connectivity index (χ4v) is 8.83. The quantitative estimate of drug-likeness (QED) is 0.164. The second-order valence-electron chi connectivity index (χ2n) is 15.1. The van der Waals surface area contributed by atoms with Crippen LogP contribution in [0.15, 0.2) is 182 Å². The molecule has 0 radical (unpaired) electrons. The van der Waals surface area contributed by atoms with E-state index in [1.54, 1.807) is 0 Å². The molecule has 0 spiro atoms. The van der Waals surface area contributed by atoms with Gasteiger partial charge in [0.05, 0.1) is 16.9 Å². The Kier molecular flexibility index (Phi) is 7.78. The smallest absolute Gasteiger partial charge is 0.0966 e. The Morgan fingerprint density at radius 2 is 1.07 bits per heavy atom. The van der Waals surface area contributed by atoms with Crippen LogP contribution in [0.3, 0.4) is 0 Å². The molecule has 0 amide bonds. The van der Waals surface area contributed by atoms with Gasteiger partial charge < -0.3 is 4.90 Å². The van der Waals surface area contributed by atoms with Crippen molar-refractivity contribution in [3.05, 3.63) is 199 Å². The Balaban J connectivity index is 1.11. The van der Waals surface area contributed by atoms with E-state index in [0.29, 0.717) is 0 Å². The van der Waals surface area contributed by atoms with Crippen molar-refractivity contribution in [2.24, 2.45) is 0 Å². The molecule has 7 aromatic carbocycles. The van der Waals surface area contributed by atoms with Gasteiger partial charge in [-0.15, -0.1) is 0 Å². The number of fused-ring (bicyclic) bond motifs is 6. The standard InChI is InChI=1S/C52H41N3/c1-4-43-50(53-55-49(37-17-9-6-10-18-37)33-39-19-11-12-20-44(39)51(43)55)38-25-29-41(30-26-38)54(40-27-23-36(24-28-40)35-15-7-5-8-16-35)42-31-32-48-46(34-42)45-21-13-14-22-47(45)52(48,2)3/h5-34H,4H2,1-3H3. The molecule has 2 aromatic heterocycles. The Morgan fingerprint density at radius 3 is 1.78 bits per heavy atom. The summed E-state index contributed by atoms with van der Waals surface area (Å²) in [5.74, 6) is 0. The Morgan fingerprint density at radius 1 is 0.509 bits per heavy atom. The highest BCUT2D eigenvalue weighted by Crippen LogP contribution is 2.50. The van der Waals surface area contributed by atoms with Crippen LogP contribution >= 0.6 is 0 Å². The molecule has 3 heteroatoms. The minimum absolute atomic E-state index is 0.0505. The molecule has 0 aliphatic heterocycles. The summed E-state index contributed by atoms with van der Waals surface area (Å²) in [5, 5.41) is 7.83. The summed E-state index contributed by atoms with van der Waals surface area (Å²) >= 11 is 0. The van der Waals surface area contributed by atoms with Crippen molar-refractivity contribution in [1.82, 2.24) is 9.61 Å².